The predicted octanol–water partition coefficient (Wildman–Crippen LogP) is 2.24. The van der Waals surface area contributed by atoms with Gasteiger partial charge in [0.2, 0.25) is 0 Å². The molecule has 9 nitrogen and oxygen atoms in total. The van der Waals surface area contributed by atoms with Gasteiger partial charge in [0, 0.05) is 0 Å². The second-order valence-corrected chi connectivity index (χ2v) is 9.78. The second-order valence-electron chi connectivity index (χ2n) is 7.79. The molecule has 1 fully saturated rings. The standard InChI is InChI=1S/C21H23FN2O7S/c22-14-3-5-15(6-4-14)31-16-7-9-17(10-8-16)32(29,30)13-21(23,19(26)27)20(18(25)24-28)11-1-2-12-20/h3-10,28H,1-2,11-13,23H2,(H,24,25)(H,26,27). The van der Waals surface area contributed by atoms with E-state index in [0.29, 0.717) is 18.6 Å². The molecule has 2 aromatic carbocycles. The fourth-order valence-electron chi connectivity index (χ4n) is 4.10. The molecule has 0 bridgehead atoms. The van der Waals surface area contributed by atoms with Crippen molar-refractivity contribution < 1.29 is 37.4 Å². The Balaban J connectivity index is 1.88. The summed E-state index contributed by atoms with van der Waals surface area (Å²) in [6.07, 6.45) is 0.995. The van der Waals surface area contributed by atoms with E-state index >= 15 is 0 Å². The van der Waals surface area contributed by atoms with E-state index in [2.05, 4.69) is 0 Å². The van der Waals surface area contributed by atoms with Gasteiger partial charge in [0.15, 0.2) is 9.84 Å². The predicted molar refractivity (Wildman–Crippen MR) is 110 cm³/mol. The van der Waals surface area contributed by atoms with Crippen molar-refractivity contribution in [1.29, 1.82) is 0 Å². The van der Waals surface area contributed by atoms with Crippen molar-refractivity contribution in [2.24, 2.45) is 11.1 Å². The van der Waals surface area contributed by atoms with E-state index in [4.69, 9.17) is 15.7 Å². The molecule has 1 atom stereocenters. The van der Waals surface area contributed by atoms with Crippen molar-refractivity contribution >= 4 is 21.7 Å². The Morgan fingerprint density at radius 1 is 1.06 bits per heavy atom. The molecule has 0 radical (unpaired) electrons. The molecule has 2 aromatic rings. The minimum absolute atomic E-state index is 0.0299. The van der Waals surface area contributed by atoms with Crippen molar-refractivity contribution in [2.45, 2.75) is 36.1 Å². The van der Waals surface area contributed by atoms with Crippen molar-refractivity contribution in [3.8, 4) is 11.5 Å². The molecule has 0 saturated heterocycles. The van der Waals surface area contributed by atoms with Gasteiger partial charge in [-0.2, -0.15) is 0 Å². The molecule has 0 spiro atoms. The largest absolute Gasteiger partial charge is 0.480 e. The number of aliphatic carboxylic acids is 1. The van der Waals surface area contributed by atoms with Crippen LogP contribution in [0.1, 0.15) is 25.7 Å². The Kier molecular flexibility index (Phi) is 6.54. The van der Waals surface area contributed by atoms with E-state index in [-0.39, 0.29) is 23.5 Å². The van der Waals surface area contributed by atoms with Crippen LogP contribution in [0.2, 0.25) is 0 Å². The molecule has 1 aliphatic carbocycles. The number of halogens is 1. The number of hydrogen-bond donors (Lipinski definition) is 4. The molecule has 1 saturated carbocycles. The van der Waals surface area contributed by atoms with Crippen LogP contribution in [0.3, 0.4) is 0 Å². The van der Waals surface area contributed by atoms with Gasteiger partial charge in [-0.15, -0.1) is 0 Å². The summed E-state index contributed by atoms with van der Waals surface area (Å²) in [5.41, 5.74) is 3.34. The minimum Gasteiger partial charge on any atom is -0.480 e. The monoisotopic (exact) mass is 466 g/mol. The minimum atomic E-state index is -4.25. The van der Waals surface area contributed by atoms with Crippen LogP contribution in [0.5, 0.6) is 11.5 Å². The molecular formula is C21H23FN2O7S. The molecular weight excluding hydrogens is 443 g/mol. The summed E-state index contributed by atoms with van der Waals surface area (Å²) < 4.78 is 44.6. The van der Waals surface area contributed by atoms with E-state index in [1.165, 1.54) is 54.0 Å². The Bertz CT molecular complexity index is 1100. The maximum absolute atomic E-state index is 13.0. The number of rotatable bonds is 8. The zero-order valence-corrected chi connectivity index (χ0v) is 17.8. The van der Waals surface area contributed by atoms with Crippen LogP contribution in [-0.2, 0) is 19.4 Å². The topological polar surface area (TPSA) is 156 Å². The number of amides is 1. The highest BCUT2D eigenvalue weighted by Gasteiger charge is 2.61. The smallest absolute Gasteiger partial charge is 0.325 e. The van der Waals surface area contributed by atoms with Gasteiger partial charge in [-0.1, -0.05) is 12.8 Å². The summed E-state index contributed by atoms with van der Waals surface area (Å²) in [5, 5.41) is 19.0. The van der Waals surface area contributed by atoms with Crippen molar-refractivity contribution in [2.75, 3.05) is 5.75 Å². The number of ether oxygens (including phenoxy) is 1. The van der Waals surface area contributed by atoms with Crippen LogP contribution in [0.25, 0.3) is 0 Å². The number of sulfone groups is 1. The maximum atomic E-state index is 13.0. The molecule has 0 heterocycles. The van der Waals surface area contributed by atoms with Gasteiger partial charge in [0.1, 0.15) is 22.9 Å². The highest BCUT2D eigenvalue weighted by molar-refractivity contribution is 7.91. The Morgan fingerprint density at radius 3 is 2.03 bits per heavy atom. The highest BCUT2D eigenvalue weighted by atomic mass is 32.2. The Hall–Kier alpha value is -3.02. The molecule has 5 N–H and O–H groups in total. The third-order valence-corrected chi connectivity index (χ3v) is 7.70. The lowest BCUT2D eigenvalue weighted by Gasteiger charge is -2.40. The lowest BCUT2D eigenvalue weighted by atomic mass is 9.68. The van der Waals surface area contributed by atoms with Crippen molar-refractivity contribution in [3.63, 3.8) is 0 Å². The second kappa shape index (κ2) is 8.85. The fraction of sp³-hybridized carbons (Fsp3) is 0.333. The van der Waals surface area contributed by atoms with Crippen LogP contribution in [-0.4, -0.2) is 41.9 Å². The number of hydroxylamine groups is 1. The zero-order chi connectivity index (χ0) is 23.6. The number of nitrogens with one attached hydrogen (secondary N) is 1. The van der Waals surface area contributed by atoms with Crippen LogP contribution in [0.4, 0.5) is 4.39 Å². The SMILES string of the molecule is NC(CS(=O)(=O)c1ccc(Oc2ccc(F)cc2)cc1)(C(=O)O)C1(C(=O)NO)CCCC1. The van der Waals surface area contributed by atoms with Gasteiger partial charge >= 0.3 is 5.97 Å². The number of carbonyl (C=O) groups is 2. The molecule has 0 aliphatic heterocycles. The summed E-state index contributed by atoms with van der Waals surface area (Å²) in [6, 6.07) is 10.4. The van der Waals surface area contributed by atoms with Gasteiger partial charge in [-0.05, 0) is 61.4 Å². The van der Waals surface area contributed by atoms with Gasteiger partial charge in [0.25, 0.3) is 5.91 Å². The average Bonchev–Trinajstić information content (AvgIpc) is 3.26. The number of carboxylic acid groups (broad SMARTS) is 1. The molecule has 1 amide bonds. The van der Waals surface area contributed by atoms with E-state index in [1.807, 2.05) is 0 Å². The summed E-state index contributed by atoms with van der Waals surface area (Å²) in [7, 11) is -4.25. The van der Waals surface area contributed by atoms with Crippen LogP contribution in [0, 0.1) is 11.2 Å². The summed E-state index contributed by atoms with van der Waals surface area (Å²) in [4.78, 5) is 24.3. The van der Waals surface area contributed by atoms with E-state index in [0.717, 1.165) is 0 Å². The number of nitrogens with two attached hydrogens (primary N) is 1. The van der Waals surface area contributed by atoms with Gasteiger partial charge in [0.05, 0.1) is 16.1 Å². The molecule has 172 valence electrons. The van der Waals surface area contributed by atoms with Crippen molar-refractivity contribution in [1.82, 2.24) is 5.48 Å². The molecule has 0 aromatic heterocycles. The number of carboxylic acids is 1. The summed E-state index contributed by atoms with van der Waals surface area (Å²) >= 11 is 0. The van der Waals surface area contributed by atoms with Gasteiger partial charge < -0.3 is 15.6 Å². The average molecular weight is 466 g/mol. The Labute approximate surface area is 183 Å². The lowest BCUT2D eigenvalue weighted by Crippen LogP contribution is -2.68. The van der Waals surface area contributed by atoms with Gasteiger partial charge in [-0.3, -0.25) is 14.8 Å². The molecule has 11 heteroatoms. The van der Waals surface area contributed by atoms with E-state index < -0.39 is 44.2 Å². The quantitative estimate of drug-likeness (QED) is 0.341. The first-order chi connectivity index (χ1) is 15.0. The third-order valence-electron chi connectivity index (χ3n) is 5.88. The maximum Gasteiger partial charge on any atom is 0.325 e. The molecule has 1 unspecified atom stereocenters. The Morgan fingerprint density at radius 2 is 1.56 bits per heavy atom. The first kappa shape index (κ1) is 23.6. The first-order valence-electron chi connectivity index (χ1n) is 9.77. The summed E-state index contributed by atoms with van der Waals surface area (Å²) in [5.74, 6) is -3.52. The molecule has 1 aliphatic rings. The summed E-state index contributed by atoms with van der Waals surface area (Å²) in [6.45, 7) is 0. The first-order valence-corrected chi connectivity index (χ1v) is 11.4. The van der Waals surface area contributed by atoms with Crippen LogP contribution >= 0.6 is 0 Å². The number of benzene rings is 2. The third kappa shape index (κ3) is 4.31. The normalized spacial score (nSPS) is 17.3. The lowest BCUT2D eigenvalue weighted by molar-refractivity contribution is -0.157. The number of carbonyl (C=O) groups excluding carboxylic acids is 1. The molecule has 32 heavy (non-hydrogen) atoms. The van der Waals surface area contributed by atoms with E-state index in [1.54, 1.807) is 0 Å². The van der Waals surface area contributed by atoms with Gasteiger partial charge in [-0.25, -0.2) is 18.3 Å². The van der Waals surface area contributed by atoms with Crippen molar-refractivity contribution in [3.05, 3.63) is 54.3 Å². The highest BCUT2D eigenvalue weighted by Crippen LogP contribution is 2.47. The number of hydrogen-bond acceptors (Lipinski definition) is 7. The van der Waals surface area contributed by atoms with Crippen LogP contribution < -0.4 is 16.0 Å². The van der Waals surface area contributed by atoms with Crippen LogP contribution in [0.15, 0.2) is 53.4 Å². The fourth-order valence-corrected chi connectivity index (χ4v) is 5.82. The zero-order valence-electron chi connectivity index (χ0n) is 17.0. The van der Waals surface area contributed by atoms with E-state index in [9.17, 15) is 27.5 Å². The molecule has 3 rings (SSSR count).